The van der Waals surface area contributed by atoms with Crippen molar-refractivity contribution in [3.63, 3.8) is 0 Å². The molecule has 0 N–H and O–H groups in total. The predicted octanol–water partition coefficient (Wildman–Crippen LogP) is 3.11. The first-order valence-corrected chi connectivity index (χ1v) is 6.53. The summed E-state index contributed by atoms with van der Waals surface area (Å²) in [6.45, 7) is 8.60. The smallest absolute Gasteiger partial charge is 0.171 e. The van der Waals surface area contributed by atoms with Gasteiger partial charge in [-0.15, -0.1) is 0 Å². The van der Waals surface area contributed by atoms with Crippen molar-refractivity contribution >= 4 is 5.82 Å². The molecule has 1 aliphatic heterocycles. The fraction of sp³-hybridized carbons (Fsp3) is 0.643. The van der Waals surface area contributed by atoms with Crippen LogP contribution in [0.15, 0.2) is 18.3 Å². The molecule has 17 heavy (non-hydrogen) atoms. The van der Waals surface area contributed by atoms with E-state index in [0.717, 1.165) is 30.6 Å². The topological polar surface area (TPSA) is 25.4 Å². The summed E-state index contributed by atoms with van der Waals surface area (Å²) < 4.78 is 5.82. The maximum atomic E-state index is 5.82. The molecule has 0 spiro atoms. The van der Waals surface area contributed by atoms with Crippen LogP contribution in [-0.2, 0) is 0 Å². The average molecular weight is 234 g/mol. The van der Waals surface area contributed by atoms with Gasteiger partial charge in [0.25, 0.3) is 0 Å². The van der Waals surface area contributed by atoms with Gasteiger partial charge in [0.2, 0.25) is 0 Å². The van der Waals surface area contributed by atoms with Crippen LogP contribution in [-0.4, -0.2) is 24.2 Å². The molecular weight excluding hydrogens is 212 g/mol. The zero-order chi connectivity index (χ0) is 12.3. The second-order valence-corrected chi connectivity index (χ2v) is 5.16. The van der Waals surface area contributed by atoms with Gasteiger partial charge >= 0.3 is 0 Å². The lowest BCUT2D eigenvalue weighted by Crippen LogP contribution is -2.33. The van der Waals surface area contributed by atoms with Crippen LogP contribution < -0.4 is 9.64 Å². The number of nitrogens with zero attached hydrogens (tertiary/aromatic N) is 2. The Hall–Kier alpha value is -1.25. The van der Waals surface area contributed by atoms with Crippen molar-refractivity contribution in [1.29, 1.82) is 0 Å². The molecule has 3 heteroatoms. The van der Waals surface area contributed by atoms with Crippen molar-refractivity contribution < 1.29 is 4.74 Å². The van der Waals surface area contributed by atoms with E-state index in [1.165, 1.54) is 12.8 Å². The van der Waals surface area contributed by atoms with Crippen molar-refractivity contribution in [2.24, 2.45) is 5.92 Å². The molecule has 2 heterocycles. The molecular formula is C14H22N2O. The number of anilines is 1. The minimum atomic E-state index is 0.196. The molecule has 1 saturated heterocycles. The van der Waals surface area contributed by atoms with Crippen LogP contribution in [0.25, 0.3) is 0 Å². The Balaban J connectivity index is 2.14. The van der Waals surface area contributed by atoms with E-state index in [-0.39, 0.29) is 6.10 Å². The summed E-state index contributed by atoms with van der Waals surface area (Å²) in [4.78, 5) is 6.83. The fourth-order valence-corrected chi connectivity index (χ4v) is 2.19. The predicted molar refractivity (Wildman–Crippen MR) is 70.6 cm³/mol. The molecule has 1 aromatic heterocycles. The summed E-state index contributed by atoms with van der Waals surface area (Å²) in [5.74, 6) is 2.76. The first-order chi connectivity index (χ1) is 8.16. The molecule has 0 radical (unpaired) electrons. The van der Waals surface area contributed by atoms with Gasteiger partial charge in [-0.2, -0.15) is 0 Å². The quantitative estimate of drug-likeness (QED) is 0.803. The molecule has 1 fully saturated rings. The van der Waals surface area contributed by atoms with Gasteiger partial charge < -0.3 is 9.64 Å². The zero-order valence-electron chi connectivity index (χ0n) is 11.0. The Kier molecular flexibility index (Phi) is 3.87. The minimum absolute atomic E-state index is 0.196. The first kappa shape index (κ1) is 12.2. The van der Waals surface area contributed by atoms with E-state index in [1.807, 2.05) is 18.3 Å². The van der Waals surface area contributed by atoms with E-state index < -0.39 is 0 Å². The van der Waals surface area contributed by atoms with Crippen molar-refractivity contribution in [2.75, 3.05) is 18.0 Å². The molecule has 1 aliphatic rings. The number of hydrogen-bond acceptors (Lipinski definition) is 3. The number of hydrogen-bond donors (Lipinski definition) is 0. The van der Waals surface area contributed by atoms with Crippen LogP contribution in [0.1, 0.15) is 33.6 Å². The monoisotopic (exact) mass is 234 g/mol. The Morgan fingerprint density at radius 1 is 1.35 bits per heavy atom. The maximum absolute atomic E-state index is 5.82. The van der Waals surface area contributed by atoms with Gasteiger partial charge in [-0.05, 0) is 44.7 Å². The molecule has 0 unspecified atom stereocenters. The first-order valence-electron chi connectivity index (χ1n) is 6.53. The number of pyridine rings is 1. The highest BCUT2D eigenvalue weighted by Crippen LogP contribution is 2.29. The van der Waals surface area contributed by atoms with Crippen LogP contribution in [0, 0.1) is 5.92 Å². The van der Waals surface area contributed by atoms with Crippen molar-refractivity contribution in [1.82, 2.24) is 4.98 Å². The maximum Gasteiger partial charge on any atom is 0.171 e. The molecule has 1 aromatic rings. The van der Waals surface area contributed by atoms with Gasteiger partial charge in [0.15, 0.2) is 11.6 Å². The summed E-state index contributed by atoms with van der Waals surface area (Å²) in [6.07, 6.45) is 4.54. The highest BCUT2D eigenvalue weighted by atomic mass is 16.5. The van der Waals surface area contributed by atoms with Gasteiger partial charge in [-0.25, -0.2) is 4.98 Å². The van der Waals surface area contributed by atoms with Gasteiger partial charge in [0, 0.05) is 19.3 Å². The summed E-state index contributed by atoms with van der Waals surface area (Å²) >= 11 is 0. The minimum Gasteiger partial charge on any atom is -0.487 e. The van der Waals surface area contributed by atoms with Crippen LogP contribution in [0.2, 0.25) is 0 Å². The summed E-state index contributed by atoms with van der Waals surface area (Å²) in [5.41, 5.74) is 0. The van der Waals surface area contributed by atoms with Gasteiger partial charge in [0.1, 0.15) is 0 Å². The van der Waals surface area contributed by atoms with Crippen LogP contribution in [0.3, 0.4) is 0 Å². The molecule has 0 aromatic carbocycles. The number of aromatic nitrogens is 1. The van der Waals surface area contributed by atoms with Crippen molar-refractivity contribution in [3.05, 3.63) is 18.3 Å². The molecule has 94 valence electrons. The van der Waals surface area contributed by atoms with Gasteiger partial charge in [-0.1, -0.05) is 6.92 Å². The third-order valence-corrected chi connectivity index (χ3v) is 3.20. The lowest BCUT2D eigenvalue weighted by Gasteiger charge is -2.32. The van der Waals surface area contributed by atoms with E-state index >= 15 is 0 Å². The van der Waals surface area contributed by atoms with E-state index in [4.69, 9.17) is 4.74 Å². The fourth-order valence-electron chi connectivity index (χ4n) is 2.19. The van der Waals surface area contributed by atoms with Crippen molar-refractivity contribution in [2.45, 2.75) is 39.7 Å². The number of ether oxygens (including phenoxy) is 1. The van der Waals surface area contributed by atoms with Gasteiger partial charge in [-0.3, -0.25) is 0 Å². The number of piperidine rings is 1. The third kappa shape index (κ3) is 3.11. The van der Waals surface area contributed by atoms with E-state index in [2.05, 4.69) is 30.7 Å². The zero-order valence-corrected chi connectivity index (χ0v) is 11.0. The van der Waals surface area contributed by atoms with Crippen LogP contribution >= 0.6 is 0 Å². The normalized spacial score (nSPS) is 17.5. The summed E-state index contributed by atoms with van der Waals surface area (Å²) in [6, 6.07) is 3.95. The van der Waals surface area contributed by atoms with Crippen molar-refractivity contribution in [3.8, 4) is 5.75 Å². The van der Waals surface area contributed by atoms with E-state index in [0.29, 0.717) is 0 Å². The van der Waals surface area contributed by atoms with Crippen LogP contribution in [0.4, 0.5) is 5.82 Å². The standard InChI is InChI=1S/C14H22N2O/c1-11(2)17-13-5-4-8-15-14(13)16-9-6-12(3)7-10-16/h4-5,8,11-12H,6-7,9-10H2,1-3H3. The molecule has 0 aliphatic carbocycles. The highest BCUT2D eigenvalue weighted by molar-refractivity contribution is 5.52. The molecule has 2 rings (SSSR count). The lowest BCUT2D eigenvalue weighted by molar-refractivity contribution is 0.241. The Labute approximate surface area is 104 Å². The molecule has 0 saturated carbocycles. The Morgan fingerprint density at radius 3 is 2.71 bits per heavy atom. The average Bonchev–Trinajstić information content (AvgIpc) is 2.30. The summed E-state index contributed by atoms with van der Waals surface area (Å²) in [7, 11) is 0. The molecule has 3 nitrogen and oxygen atoms in total. The van der Waals surface area contributed by atoms with E-state index in [9.17, 15) is 0 Å². The summed E-state index contributed by atoms with van der Waals surface area (Å²) in [5, 5.41) is 0. The Bertz CT molecular complexity index is 357. The highest BCUT2D eigenvalue weighted by Gasteiger charge is 2.20. The Morgan fingerprint density at radius 2 is 2.06 bits per heavy atom. The second-order valence-electron chi connectivity index (χ2n) is 5.16. The van der Waals surface area contributed by atoms with E-state index in [1.54, 1.807) is 0 Å². The molecule has 0 atom stereocenters. The van der Waals surface area contributed by atoms with Gasteiger partial charge in [0.05, 0.1) is 6.10 Å². The largest absolute Gasteiger partial charge is 0.487 e. The SMILES string of the molecule is CC1CCN(c2ncccc2OC(C)C)CC1. The molecule has 0 bridgehead atoms. The van der Waals surface area contributed by atoms with Crippen LogP contribution in [0.5, 0.6) is 5.75 Å². The lowest BCUT2D eigenvalue weighted by atomic mass is 9.99. The number of rotatable bonds is 3. The third-order valence-electron chi connectivity index (χ3n) is 3.20. The molecule has 0 amide bonds. The second kappa shape index (κ2) is 5.39.